The van der Waals surface area contributed by atoms with E-state index in [4.69, 9.17) is 9.47 Å². The molecule has 0 amide bonds. The molecule has 0 aliphatic carbocycles. The van der Waals surface area contributed by atoms with Gasteiger partial charge in [0.05, 0.1) is 13.7 Å². The summed E-state index contributed by atoms with van der Waals surface area (Å²) in [5.74, 6) is 0.634. The summed E-state index contributed by atoms with van der Waals surface area (Å²) in [6.07, 6.45) is 1.75. The molecular formula is C11H17BrN2O2. The number of pyridine rings is 1. The van der Waals surface area contributed by atoms with E-state index >= 15 is 0 Å². The number of nitrogens with zero attached hydrogens (tertiary/aromatic N) is 2. The van der Waals surface area contributed by atoms with E-state index in [2.05, 4.69) is 25.8 Å². The zero-order valence-corrected chi connectivity index (χ0v) is 11.2. The molecule has 5 heteroatoms. The minimum absolute atomic E-state index is 0.634. The number of methoxy groups -OCH3 is 2. The van der Waals surface area contributed by atoms with Crippen LogP contribution in [-0.4, -0.2) is 44.2 Å². The van der Waals surface area contributed by atoms with Gasteiger partial charge in [0.1, 0.15) is 0 Å². The first kappa shape index (κ1) is 13.3. The Morgan fingerprint density at radius 3 is 2.81 bits per heavy atom. The van der Waals surface area contributed by atoms with Gasteiger partial charge in [0.15, 0.2) is 0 Å². The molecule has 0 atom stereocenters. The van der Waals surface area contributed by atoms with Crippen LogP contribution in [0.5, 0.6) is 5.88 Å². The van der Waals surface area contributed by atoms with Crippen LogP contribution < -0.4 is 9.64 Å². The number of aromatic nitrogens is 1. The summed E-state index contributed by atoms with van der Waals surface area (Å²) in [6.45, 7) is 2.49. The normalized spacial score (nSPS) is 10.2. The van der Waals surface area contributed by atoms with Crippen molar-refractivity contribution >= 4 is 21.6 Å². The SMILES string of the molecule is COCCN(CCBr)c1ccnc(OC)c1. The average Bonchev–Trinajstić information content (AvgIpc) is 2.34. The molecule has 1 aromatic heterocycles. The molecule has 90 valence electrons. The van der Waals surface area contributed by atoms with E-state index in [-0.39, 0.29) is 0 Å². The van der Waals surface area contributed by atoms with Gasteiger partial charge in [-0.15, -0.1) is 0 Å². The van der Waals surface area contributed by atoms with Gasteiger partial charge in [-0.2, -0.15) is 0 Å². The summed E-state index contributed by atoms with van der Waals surface area (Å²) in [7, 11) is 3.33. The van der Waals surface area contributed by atoms with E-state index in [9.17, 15) is 0 Å². The number of alkyl halides is 1. The maximum atomic E-state index is 5.11. The molecule has 1 heterocycles. The molecule has 16 heavy (non-hydrogen) atoms. The fourth-order valence-electron chi connectivity index (χ4n) is 1.38. The van der Waals surface area contributed by atoms with Gasteiger partial charge in [0, 0.05) is 43.5 Å². The molecule has 0 spiro atoms. The summed E-state index contributed by atoms with van der Waals surface area (Å²) in [5.41, 5.74) is 1.10. The lowest BCUT2D eigenvalue weighted by Gasteiger charge is -2.23. The van der Waals surface area contributed by atoms with Crippen LogP contribution in [0.1, 0.15) is 0 Å². The largest absolute Gasteiger partial charge is 0.481 e. The van der Waals surface area contributed by atoms with Crippen molar-refractivity contribution in [2.75, 3.05) is 44.1 Å². The lowest BCUT2D eigenvalue weighted by molar-refractivity contribution is 0.205. The zero-order valence-electron chi connectivity index (χ0n) is 9.65. The van der Waals surface area contributed by atoms with Crippen molar-refractivity contribution in [2.24, 2.45) is 0 Å². The van der Waals surface area contributed by atoms with Crippen LogP contribution in [0.2, 0.25) is 0 Å². The first-order valence-corrected chi connectivity index (χ1v) is 6.24. The van der Waals surface area contributed by atoms with E-state index in [1.54, 1.807) is 20.4 Å². The Morgan fingerprint density at radius 1 is 1.38 bits per heavy atom. The number of hydrogen-bond donors (Lipinski definition) is 0. The minimum Gasteiger partial charge on any atom is -0.481 e. The van der Waals surface area contributed by atoms with Crippen molar-refractivity contribution in [1.82, 2.24) is 4.98 Å². The highest BCUT2D eigenvalue weighted by Crippen LogP contribution is 2.18. The van der Waals surface area contributed by atoms with Crippen LogP contribution >= 0.6 is 15.9 Å². The third-order valence-corrected chi connectivity index (χ3v) is 2.57. The van der Waals surface area contributed by atoms with Gasteiger partial charge in [-0.1, -0.05) is 15.9 Å². The second-order valence-corrected chi connectivity index (χ2v) is 4.02. The lowest BCUT2D eigenvalue weighted by atomic mass is 10.3. The Bertz CT molecular complexity index is 310. The Hall–Kier alpha value is -0.810. The zero-order chi connectivity index (χ0) is 11.8. The number of halogens is 1. The van der Waals surface area contributed by atoms with Crippen LogP contribution in [0.3, 0.4) is 0 Å². The highest BCUT2D eigenvalue weighted by molar-refractivity contribution is 9.09. The van der Waals surface area contributed by atoms with Gasteiger partial charge in [0.25, 0.3) is 0 Å². The van der Waals surface area contributed by atoms with E-state index < -0.39 is 0 Å². The summed E-state index contributed by atoms with van der Waals surface area (Å²) < 4.78 is 10.2. The lowest BCUT2D eigenvalue weighted by Crippen LogP contribution is -2.29. The van der Waals surface area contributed by atoms with E-state index in [1.165, 1.54) is 0 Å². The number of hydrogen-bond acceptors (Lipinski definition) is 4. The van der Waals surface area contributed by atoms with Crippen molar-refractivity contribution in [2.45, 2.75) is 0 Å². The number of rotatable bonds is 7. The fourth-order valence-corrected chi connectivity index (χ4v) is 1.81. The maximum Gasteiger partial charge on any atom is 0.214 e. The van der Waals surface area contributed by atoms with E-state index in [0.717, 1.165) is 24.1 Å². The molecule has 0 radical (unpaired) electrons. The summed E-state index contributed by atoms with van der Waals surface area (Å²) >= 11 is 3.45. The molecular weight excluding hydrogens is 272 g/mol. The molecule has 0 fully saturated rings. The molecule has 0 aliphatic rings. The first-order chi connectivity index (χ1) is 7.81. The van der Waals surface area contributed by atoms with Gasteiger partial charge < -0.3 is 14.4 Å². The monoisotopic (exact) mass is 288 g/mol. The van der Waals surface area contributed by atoms with Crippen molar-refractivity contribution in [3.8, 4) is 5.88 Å². The molecule has 0 bridgehead atoms. The number of ether oxygens (including phenoxy) is 2. The van der Waals surface area contributed by atoms with Gasteiger partial charge in [-0.05, 0) is 6.07 Å². The highest BCUT2D eigenvalue weighted by Gasteiger charge is 2.06. The van der Waals surface area contributed by atoms with Crippen LogP contribution in [0, 0.1) is 0 Å². The molecule has 1 aromatic rings. The smallest absolute Gasteiger partial charge is 0.214 e. The summed E-state index contributed by atoms with van der Waals surface area (Å²) in [4.78, 5) is 6.31. The van der Waals surface area contributed by atoms with E-state index in [1.807, 2.05) is 12.1 Å². The van der Waals surface area contributed by atoms with Gasteiger partial charge in [0.2, 0.25) is 5.88 Å². The van der Waals surface area contributed by atoms with Crippen LogP contribution in [0.4, 0.5) is 5.69 Å². The molecule has 0 aromatic carbocycles. The molecule has 0 saturated heterocycles. The second kappa shape index (κ2) is 7.46. The van der Waals surface area contributed by atoms with Crippen molar-refractivity contribution in [3.63, 3.8) is 0 Å². The molecule has 0 unspecified atom stereocenters. The third kappa shape index (κ3) is 3.98. The van der Waals surface area contributed by atoms with Crippen LogP contribution in [0.15, 0.2) is 18.3 Å². The summed E-state index contributed by atoms with van der Waals surface area (Å²) in [5, 5.41) is 0.918. The predicted octanol–water partition coefficient (Wildman–Crippen LogP) is 1.94. The Labute approximate surface area is 105 Å². The van der Waals surface area contributed by atoms with Gasteiger partial charge >= 0.3 is 0 Å². The van der Waals surface area contributed by atoms with Crippen molar-refractivity contribution in [1.29, 1.82) is 0 Å². The molecule has 0 saturated carbocycles. The highest BCUT2D eigenvalue weighted by atomic mass is 79.9. The molecule has 0 N–H and O–H groups in total. The fraction of sp³-hybridized carbons (Fsp3) is 0.545. The van der Waals surface area contributed by atoms with Crippen LogP contribution in [0.25, 0.3) is 0 Å². The van der Waals surface area contributed by atoms with Gasteiger partial charge in [-0.25, -0.2) is 4.98 Å². The molecule has 0 aliphatic heterocycles. The Morgan fingerprint density at radius 2 is 2.19 bits per heavy atom. The standard InChI is InChI=1S/C11H17BrN2O2/c1-15-8-7-14(6-4-12)10-3-5-13-11(9-10)16-2/h3,5,9H,4,6-8H2,1-2H3. The summed E-state index contributed by atoms with van der Waals surface area (Å²) in [6, 6.07) is 3.90. The second-order valence-electron chi connectivity index (χ2n) is 3.23. The van der Waals surface area contributed by atoms with Crippen molar-refractivity contribution < 1.29 is 9.47 Å². The Kier molecular flexibility index (Phi) is 6.18. The Balaban J connectivity index is 2.73. The quantitative estimate of drug-likeness (QED) is 0.718. The maximum absolute atomic E-state index is 5.11. The predicted molar refractivity (Wildman–Crippen MR) is 68.7 cm³/mol. The number of anilines is 1. The van der Waals surface area contributed by atoms with Crippen molar-refractivity contribution in [3.05, 3.63) is 18.3 Å². The molecule has 4 nitrogen and oxygen atoms in total. The minimum atomic E-state index is 0.634. The first-order valence-electron chi connectivity index (χ1n) is 5.11. The van der Waals surface area contributed by atoms with E-state index in [0.29, 0.717) is 12.5 Å². The van der Waals surface area contributed by atoms with Crippen LogP contribution in [-0.2, 0) is 4.74 Å². The molecule has 1 rings (SSSR count). The average molecular weight is 289 g/mol. The topological polar surface area (TPSA) is 34.6 Å². The third-order valence-electron chi connectivity index (χ3n) is 2.21. The van der Waals surface area contributed by atoms with Gasteiger partial charge in [-0.3, -0.25) is 0 Å².